The molecule has 0 spiro atoms. The maximum atomic E-state index is 11.1. The van der Waals surface area contributed by atoms with Crippen LogP contribution < -0.4 is 0 Å². The summed E-state index contributed by atoms with van der Waals surface area (Å²) in [4.78, 5) is 10.9. The van der Waals surface area contributed by atoms with Crippen molar-refractivity contribution in [3.05, 3.63) is 52.1 Å². The zero-order chi connectivity index (χ0) is 12.3. The van der Waals surface area contributed by atoms with Crippen LogP contribution in [0, 0.1) is 10.1 Å². The Morgan fingerprint density at radius 1 is 1.31 bits per heavy atom. The normalized spacial score (nSPS) is 12.5. The Bertz CT molecular complexity index is 410. The highest BCUT2D eigenvalue weighted by Crippen LogP contribution is 2.34. The zero-order valence-electron chi connectivity index (χ0n) is 9.93. The van der Waals surface area contributed by atoms with Crippen molar-refractivity contribution >= 4 is 5.69 Å². The van der Waals surface area contributed by atoms with E-state index in [1.807, 2.05) is 32.9 Å². The zero-order valence-corrected chi connectivity index (χ0v) is 9.93. The smallest absolute Gasteiger partial charge is 0.258 e. The van der Waals surface area contributed by atoms with E-state index in [-0.39, 0.29) is 22.4 Å². The molecule has 0 fully saturated rings. The van der Waals surface area contributed by atoms with Gasteiger partial charge in [0.25, 0.3) is 5.69 Å². The van der Waals surface area contributed by atoms with Gasteiger partial charge in [0.15, 0.2) is 0 Å². The molecule has 0 radical (unpaired) electrons. The van der Waals surface area contributed by atoms with E-state index in [0.717, 1.165) is 11.1 Å². The predicted octanol–water partition coefficient (Wildman–Crippen LogP) is 4.01. The Hall–Kier alpha value is -1.64. The van der Waals surface area contributed by atoms with Crippen molar-refractivity contribution in [3.63, 3.8) is 0 Å². The van der Waals surface area contributed by atoms with Crippen LogP contribution in [0.2, 0.25) is 0 Å². The molecule has 0 aliphatic rings. The van der Waals surface area contributed by atoms with E-state index in [0.29, 0.717) is 0 Å². The highest BCUT2D eigenvalue weighted by atomic mass is 16.6. The van der Waals surface area contributed by atoms with Crippen LogP contribution in [-0.2, 0) is 0 Å². The molecule has 0 amide bonds. The summed E-state index contributed by atoms with van der Waals surface area (Å²) in [5.74, 6) is 0.150. The van der Waals surface area contributed by atoms with Crippen molar-refractivity contribution in [2.75, 3.05) is 0 Å². The number of hydrogen-bond acceptors (Lipinski definition) is 2. The number of allylic oxidation sites excluding steroid dienone is 1. The molecule has 1 aromatic carbocycles. The molecule has 86 valence electrons. The van der Waals surface area contributed by atoms with E-state index in [4.69, 9.17) is 0 Å². The van der Waals surface area contributed by atoms with Gasteiger partial charge in [0, 0.05) is 17.0 Å². The van der Waals surface area contributed by atoms with Gasteiger partial charge in [-0.1, -0.05) is 45.0 Å². The summed E-state index contributed by atoms with van der Waals surface area (Å²) in [5, 5.41) is 11.1. The van der Waals surface area contributed by atoms with Crippen molar-refractivity contribution in [2.24, 2.45) is 0 Å². The maximum absolute atomic E-state index is 11.1. The van der Waals surface area contributed by atoms with Crippen LogP contribution in [-0.4, -0.2) is 4.92 Å². The molecule has 0 saturated carbocycles. The lowest BCUT2D eigenvalue weighted by Crippen LogP contribution is -2.03. The second kappa shape index (κ2) is 4.92. The fourth-order valence-corrected chi connectivity index (χ4v) is 1.75. The third-order valence-corrected chi connectivity index (χ3v) is 2.75. The van der Waals surface area contributed by atoms with E-state index in [1.165, 1.54) is 0 Å². The third kappa shape index (κ3) is 2.30. The number of rotatable bonds is 4. The van der Waals surface area contributed by atoms with Gasteiger partial charge in [-0.3, -0.25) is 10.1 Å². The molecular formula is C13H17NO2. The van der Waals surface area contributed by atoms with Crippen LogP contribution in [0.5, 0.6) is 0 Å². The molecule has 3 nitrogen and oxygen atoms in total. The SMILES string of the molecule is C=CC(C)c1cccc(C(C)C)c1[N+](=O)[O-]. The average molecular weight is 219 g/mol. The van der Waals surface area contributed by atoms with Crippen molar-refractivity contribution in [1.29, 1.82) is 0 Å². The predicted molar refractivity (Wildman–Crippen MR) is 65.8 cm³/mol. The van der Waals surface area contributed by atoms with Crippen molar-refractivity contribution < 1.29 is 4.92 Å². The van der Waals surface area contributed by atoms with Gasteiger partial charge in [0.05, 0.1) is 4.92 Å². The second-order valence-electron chi connectivity index (χ2n) is 4.22. The van der Waals surface area contributed by atoms with Crippen LogP contribution in [0.15, 0.2) is 30.9 Å². The quantitative estimate of drug-likeness (QED) is 0.436. The van der Waals surface area contributed by atoms with Crippen LogP contribution >= 0.6 is 0 Å². The van der Waals surface area contributed by atoms with E-state index >= 15 is 0 Å². The van der Waals surface area contributed by atoms with Crippen LogP contribution in [0.4, 0.5) is 5.69 Å². The van der Waals surface area contributed by atoms with Crippen LogP contribution in [0.1, 0.15) is 43.7 Å². The molecule has 0 heterocycles. The summed E-state index contributed by atoms with van der Waals surface area (Å²) in [5.41, 5.74) is 1.77. The number of nitrogens with zero attached hydrogens (tertiary/aromatic N) is 1. The Morgan fingerprint density at radius 2 is 1.88 bits per heavy atom. The topological polar surface area (TPSA) is 43.1 Å². The van der Waals surface area contributed by atoms with E-state index in [2.05, 4.69) is 6.58 Å². The molecule has 0 N–H and O–H groups in total. The third-order valence-electron chi connectivity index (χ3n) is 2.75. The first kappa shape index (κ1) is 12.4. The summed E-state index contributed by atoms with van der Waals surface area (Å²) in [7, 11) is 0. The summed E-state index contributed by atoms with van der Waals surface area (Å²) in [6.07, 6.45) is 1.73. The first-order chi connectivity index (χ1) is 7.49. The Balaban J connectivity index is 3.44. The van der Waals surface area contributed by atoms with Gasteiger partial charge < -0.3 is 0 Å². The maximum Gasteiger partial charge on any atom is 0.276 e. The lowest BCUT2D eigenvalue weighted by atomic mass is 9.92. The molecule has 0 aliphatic heterocycles. The van der Waals surface area contributed by atoms with Gasteiger partial charge in [-0.15, -0.1) is 6.58 Å². The highest BCUT2D eigenvalue weighted by Gasteiger charge is 2.23. The molecule has 1 rings (SSSR count). The van der Waals surface area contributed by atoms with Gasteiger partial charge in [-0.2, -0.15) is 0 Å². The van der Waals surface area contributed by atoms with Gasteiger partial charge in [0.1, 0.15) is 0 Å². The minimum atomic E-state index is -0.287. The first-order valence-electron chi connectivity index (χ1n) is 5.38. The average Bonchev–Trinajstić information content (AvgIpc) is 2.26. The second-order valence-corrected chi connectivity index (χ2v) is 4.22. The van der Waals surface area contributed by atoms with Crippen LogP contribution in [0.25, 0.3) is 0 Å². The summed E-state index contributed by atoms with van der Waals surface area (Å²) in [6.45, 7) is 9.53. The fourth-order valence-electron chi connectivity index (χ4n) is 1.75. The number of nitro benzene ring substituents is 1. The van der Waals surface area contributed by atoms with Crippen molar-refractivity contribution in [3.8, 4) is 0 Å². The molecule has 0 aromatic heterocycles. The van der Waals surface area contributed by atoms with Gasteiger partial charge in [-0.25, -0.2) is 0 Å². The first-order valence-corrected chi connectivity index (χ1v) is 5.38. The van der Waals surface area contributed by atoms with E-state index < -0.39 is 0 Å². The lowest BCUT2D eigenvalue weighted by molar-refractivity contribution is -0.386. The van der Waals surface area contributed by atoms with Crippen molar-refractivity contribution in [1.82, 2.24) is 0 Å². The molecule has 3 heteroatoms. The molecule has 0 aliphatic carbocycles. The van der Waals surface area contributed by atoms with Crippen molar-refractivity contribution in [2.45, 2.75) is 32.6 Å². The minimum Gasteiger partial charge on any atom is -0.258 e. The standard InChI is InChI=1S/C13H17NO2/c1-5-10(4)12-8-6-7-11(9(2)3)13(12)14(15)16/h5-10H,1H2,2-4H3. The van der Waals surface area contributed by atoms with Crippen LogP contribution in [0.3, 0.4) is 0 Å². The number of hydrogen-bond donors (Lipinski definition) is 0. The molecular weight excluding hydrogens is 202 g/mol. The molecule has 0 saturated heterocycles. The molecule has 1 aromatic rings. The van der Waals surface area contributed by atoms with Gasteiger partial charge in [0.2, 0.25) is 0 Å². The number of para-hydroxylation sites is 1. The molecule has 0 bridgehead atoms. The summed E-state index contributed by atoms with van der Waals surface area (Å²) < 4.78 is 0. The summed E-state index contributed by atoms with van der Waals surface area (Å²) >= 11 is 0. The minimum absolute atomic E-state index is 0.000833. The lowest BCUT2D eigenvalue weighted by Gasteiger charge is -2.12. The molecule has 1 unspecified atom stereocenters. The van der Waals surface area contributed by atoms with E-state index in [1.54, 1.807) is 12.1 Å². The number of nitro groups is 1. The van der Waals surface area contributed by atoms with Gasteiger partial charge in [-0.05, 0) is 5.92 Å². The Morgan fingerprint density at radius 3 is 2.31 bits per heavy atom. The molecule has 1 atom stereocenters. The molecule has 16 heavy (non-hydrogen) atoms. The van der Waals surface area contributed by atoms with E-state index in [9.17, 15) is 10.1 Å². The number of benzene rings is 1. The fraction of sp³-hybridized carbons (Fsp3) is 0.385. The monoisotopic (exact) mass is 219 g/mol. The summed E-state index contributed by atoms with van der Waals surface area (Å²) in [6, 6.07) is 5.50. The Labute approximate surface area is 95.9 Å². The van der Waals surface area contributed by atoms with Gasteiger partial charge >= 0.3 is 0 Å². The Kier molecular flexibility index (Phi) is 3.82. The highest BCUT2D eigenvalue weighted by molar-refractivity contribution is 5.51. The largest absolute Gasteiger partial charge is 0.276 e.